The molecule has 0 spiro atoms. The minimum absolute atomic E-state index is 0.829. The fourth-order valence-electron chi connectivity index (χ4n) is 8.86. The van der Waals surface area contributed by atoms with E-state index in [1.54, 1.807) is 0 Å². The van der Waals surface area contributed by atoms with Crippen molar-refractivity contribution < 1.29 is 0 Å². The van der Waals surface area contributed by atoms with Crippen LogP contribution in [0.5, 0.6) is 0 Å². The summed E-state index contributed by atoms with van der Waals surface area (Å²) in [5.74, 6) is 0.829. The van der Waals surface area contributed by atoms with Crippen LogP contribution in [0.2, 0.25) is 0 Å². The third kappa shape index (κ3) is 4.17. The van der Waals surface area contributed by atoms with Crippen LogP contribution in [0.1, 0.15) is 22.3 Å². The van der Waals surface area contributed by atoms with Crippen LogP contribution in [0.3, 0.4) is 0 Å². The average molecular weight is 704 g/mol. The standard InChI is InChI=1S/C50H29N3S/c1-3-13-30(14-4-1)44-35-19-11-17-32-25-27-41-48(46(32)35)47-36(45(44)31-15-5-2-6-16-31)20-12-23-40(47)53(41)50-49(51-38-21-8-9-22-39(38)52-50)33-26-28-43-37(29-33)34-18-7-10-24-42(34)54-43/h1-29H. The molecule has 3 nitrogen and oxygen atoms in total. The van der Waals surface area contributed by atoms with Crippen molar-refractivity contribution >= 4 is 86.3 Å². The smallest absolute Gasteiger partial charge is 0.165 e. The molecular formula is C50H29N3S. The van der Waals surface area contributed by atoms with Gasteiger partial charge in [0, 0.05) is 36.5 Å². The lowest BCUT2D eigenvalue weighted by atomic mass is 9.85. The van der Waals surface area contributed by atoms with E-state index in [1.807, 2.05) is 23.5 Å². The van der Waals surface area contributed by atoms with Crippen LogP contribution in [-0.4, -0.2) is 14.5 Å². The van der Waals surface area contributed by atoms with Gasteiger partial charge in [-0.05, 0) is 86.6 Å². The summed E-state index contributed by atoms with van der Waals surface area (Å²) >= 11 is 1.84. The van der Waals surface area contributed by atoms with Gasteiger partial charge in [0.1, 0.15) is 5.69 Å². The third-order valence-corrected chi connectivity index (χ3v) is 12.3. The monoisotopic (exact) mass is 703 g/mol. The SMILES string of the molecule is c1ccc(C2=C(c3ccccc3)c3cccc4c3c3c5c2cccc5ccc3n4-c2nc3ccccc3nc2-c2ccc3sc4ccccc4c3c2)cc1. The van der Waals surface area contributed by atoms with E-state index < -0.39 is 0 Å². The summed E-state index contributed by atoms with van der Waals surface area (Å²) < 4.78 is 4.94. The van der Waals surface area contributed by atoms with Gasteiger partial charge < -0.3 is 0 Å². The van der Waals surface area contributed by atoms with Crippen molar-refractivity contribution in [3.05, 3.63) is 198 Å². The molecule has 0 aliphatic heterocycles. The Bertz CT molecular complexity index is 3370. The molecule has 0 amide bonds. The summed E-state index contributed by atoms with van der Waals surface area (Å²) in [6.07, 6.45) is 0. The minimum atomic E-state index is 0.829. The minimum Gasteiger partial charge on any atom is -0.292 e. The van der Waals surface area contributed by atoms with Crippen LogP contribution >= 0.6 is 11.3 Å². The van der Waals surface area contributed by atoms with E-state index in [9.17, 15) is 0 Å². The molecule has 250 valence electrons. The van der Waals surface area contributed by atoms with Crippen molar-refractivity contribution in [2.75, 3.05) is 0 Å². The molecule has 0 unspecified atom stereocenters. The second-order valence-corrected chi connectivity index (χ2v) is 15.2. The maximum Gasteiger partial charge on any atom is 0.165 e. The molecule has 3 heterocycles. The number of thiophene rings is 1. The van der Waals surface area contributed by atoms with Crippen LogP contribution in [0.15, 0.2) is 176 Å². The van der Waals surface area contributed by atoms with Crippen molar-refractivity contribution in [3.63, 3.8) is 0 Å². The lowest BCUT2D eigenvalue weighted by molar-refractivity contribution is 1.08. The molecule has 0 fully saturated rings. The first-order chi connectivity index (χ1) is 26.8. The molecule has 1 aliphatic rings. The molecule has 4 heteroatoms. The third-order valence-electron chi connectivity index (χ3n) is 11.1. The van der Waals surface area contributed by atoms with Gasteiger partial charge in [-0.3, -0.25) is 4.57 Å². The summed E-state index contributed by atoms with van der Waals surface area (Å²) in [6, 6.07) is 63.6. The lowest BCUT2D eigenvalue weighted by Gasteiger charge is -2.19. The number of hydrogen-bond acceptors (Lipinski definition) is 3. The van der Waals surface area contributed by atoms with Gasteiger partial charge in [-0.1, -0.05) is 133 Å². The van der Waals surface area contributed by atoms with E-state index in [0.717, 1.165) is 39.1 Å². The van der Waals surface area contributed by atoms with E-state index in [1.165, 1.54) is 75.1 Å². The van der Waals surface area contributed by atoms with Crippen molar-refractivity contribution in [3.8, 4) is 17.1 Å². The summed E-state index contributed by atoms with van der Waals surface area (Å²) in [6.45, 7) is 0. The van der Waals surface area contributed by atoms with Gasteiger partial charge in [0.05, 0.1) is 22.1 Å². The highest BCUT2D eigenvalue weighted by Crippen LogP contribution is 2.50. The average Bonchev–Trinajstić information content (AvgIpc) is 3.74. The Hall–Kier alpha value is -6.88. The summed E-state index contributed by atoms with van der Waals surface area (Å²) in [4.78, 5) is 10.9. The highest BCUT2D eigenvalue weighted by Gasteiger charge is 2.29. The summed E-state index contributed by atoms with van der Waals surface area (Å²) in [5, 5.41) is 7.47. The fourth-order valence-corrected chi connectivity index (χ4v) is 9.95. The van der Waals surface area contributed by atoms with E-state index in [2.05, 4.69) is 168 Å². The van der Waals surface area contributed by atoms with Crippen LogP contribution in [0.25, 0.3) is 92.0 Å². The predicted molar refractivity (Wildman–Crippen MR) is 228 cm³/mol. The quantitative estimate of drug-likeness (QED) is 0.183. The van der Waals surface area contributed by atoms with E-state index >= 15 is 0 Å². The van der Waals surface area contributed by atoms with Crippen molar-refractivity contribution in [2.24, 2.45) is 0 Å². The zero-order valence-electron chi connectivity index (χ0n) is 29.0. The van der Waals surface area contributed by atoms with Gasteiger partial charge in [0.25, 0.3) is 0 Å². The first-order valence-electron chi connectivity index (χ1n) is 18.3. The molecule has 11 aromatic rings. The molecule has 0 atom stereocenters. The Morgan fingerprint density at radius 1 is 0.407 bits per heavy atom. The zero-order chi connectivity index (χ0) is 35.3. The van der Waals surface area contributed by atoms with Crippen molar-refractivity contribution in [2.45, 2.75) is 0 Å². The highest BCUT2D eigenvalue weighted by molar-refractivity contribution is 7.25. The number of rotatable bonds is 4. The summed E-state index contributed by atoms with van der Waals surface area (Å²) in [5.41, 5.74) is 13.2. The number of hydrogen-bond donors (Lipinski definition) is 0. The number of aromatic nitrogens is 3. The second-order valence-electron chi connectivity index (χ2n) is 14.1. The summed E-state index contributed by atoms with van der Waals surface area (Å²) in [7, 11) is 0. The van der Waals surface area contributed by atoms with Gasteiger partial charge in [-0.2, -0.15) is 0 Å². The Morgan fingerprint density at radius 2 is 1.04 bits per heavy atom. The van der Waals surface area contributed by atoms with Gasteiger partial charge in [-0.15, -0.1) is 11.3 Å². The Balaban J connectivity index is 1.25. The van der Waals surface area contributed by atoms with Crippen LogP contribution in [0.4, 0.5) is 0 Å². The molecule has 0 bridgehead atoms. The van der Waals surface area contributed by atoms with E-state index in [4.69, 9.17) is 9.97 Å². The Morgan fingerprint density at radius 3 is 1.81 bits per heavy atom. The van der Waals surface area contributed by atoms with E-state index in [0.29, 0.717) is 0 Å². The topological polar surface area (TPSA) is 30.7 Å². The maximum absolute atomic E-state index is 5.51. The largest absolute Gasteiger partial charge is 0.292 e. The van der Waals surface area contributed by atoms with Crippen LogP contribution in [0, 0.1) is 0 Å². The molecule has 0 N–H and O–H groups in total. The molecule has 54 heavy (non-hydrogen) atoms. The molecule has 12 rings (SSSR count). The Kier molecular flexibility index (Phi) is 6.21. The van der Waals surface area contributed by atoms with Gasteiger partial charge in [0.15, 0.2) is 5.82 Å². The molecule has 8 aromatic carbocycles. The highest BCUT2D eigenvalue weighted by atomic mass is 32.1. The van der Waals surface area contributed by atoms with Crippen molar-refractivity contribution in [1.29, 1.82) is 0 Å². The maximum atomic E-state index is 5.51. The Labute approximate surface area is 314 Å². The zero-order valence-corrected chi connectivity index (χ0v) is 29.8. The fraction of sp³-hybridized carbons (Fsp3) is 0. The molecule has 0 radical (unpaired) electrons. The number of benzene rings is 8. The second kappa shape index (κ2) is 11.3. The lowest BCUT2D eigenvalue weighted by Crippen LogP contribution is -2.04. The number of nitrogens with zero attached hydrogens (tertiary/aromatic N) is 3. The number of para-hydroxylation sites is 2. The molecule has 3 aromatic heterocycles. The molecule has 0 saturated heterocycles. The first kappa shape index (κ1) is 29.7. The first-order valence-corrected chi connectivity index (χ1v) is 19.2. The van der Waals surface area contributed by atoms with Gasteiger partial charge in [-0.25, -0.2) is 9.97 Å². The van der Waals surface area contributed by atoms with Gasteiger partial charge in [0.2, 0.25) is 0 Å². The van der Waals surface area contributed by atoms with Crippen molar-refractivity contribution in [1.82, 2.24) is 14.5 Å². The van der Waals surface area contributed by atoms with Crippen LogP contribution in [-0.2, 0) is 0 Å². The predicted octanol–water partition coefficient (Wildman–Crippen LogP) is 13.2. The normalized spacial score (nSPS) is 12.7. The molecule has 0 saturated carbocycles. The van der Waals surface area contributed by atoms with E-state index in [-0.39, 0.29) is 0 Å². The van der Waals surface area contributed by atoms with Gasteiger partial charge >= 0.3 is 0 Å². The van der Waals surface area contributed by atoms with Crippen LogP contribution < -0.4 is 0 Å². The number of fused-ring (bicyclic) bond motifs is 4. The molecule has 1 aliphatic carbocycles. The molecular weight excluding hydrogens is 675 g/mol.